The quantitative estimate of drug-likeness (QED) is 0.833. The maximum absolute atomic E-state index is 11.4. The topological polar surface area (TPSA) is 67.8 Å². The second kappa shape index (κ2) is 4.32. The second-order valence-corrected chi connectivity index (χ2v) is 3.60. The molecule has 0 amide bonds. The molecule has 1 heterocycles. The van der Waals surface area contributed by atoms with Gasteiger partial charge in [0, 0.05) is 5.02 Å². The van der Waals surface area contributed by atoms with Gasteiger partial charge in [0.15, 0.2) is 0 Å². The molecule has 5 nitrogen and oxygen atoms in total. The van der Waals surface area contributed by atoms with Gasteiger partial charge < -0.3 is 0 Å². The zero-order valence-corrected chi connectivity index (χ0v) is 8.94. The van der Waals surface area contributed by atoms with Gasteiger partial charge in [0.2, 0.25) is 0 Å². The summed E-state index contributed by atoms with van der Waals surface area (Å²) < 4.78 is 1.04. The standard InChI is InChI=1S/C10H8ClN3O2/c11-8-4-2-1-3-7(8)6-14-9(15)5-12-13-10(14)16/h1-5H,6H2,(H,13,16). The van der Waals surface area contributed by atoms with Crippen molar-refractivity contribution >= 4 is 11.6 Å². The molecule has 0 saturated heterocycles. The maximum Gasteiger partial charge on any atom is 0.345 e. The van der Waals surface area contributed by atoms with Gasteiger partial charge in [-0.15, -0.1) is 0 Å². The predicted molar refractivity (Wildman–Crippen MR) is 59.7 cm³/mol. The third kappa shape index (κ3) is 2.04. The first-order valence-corrected chi connectivity index (χ1v) is 4.94. The van der Waals surface area contributed by atoms with E-state index in [0.29, 0.717) is 10.6 Å². The molecule has 1 N–H and O–H groups in total. The van der Waals surface area contributed by atoms with E-state index in [1.54, 1.807) is 24.3 Å². The second-order valence-electron chi connectivity index (χ2n) is 3.19. The van der Waals surface area contributed by atoms with Gasteiger partial charge in [-0.2, -0.15) is 5.10 Å². The smallest absolute Gasteiger partial charge is 0.267 e. The average Bonchev–Trinajstić information content (AvgIpc) is 2.26. The van der Waals surface area contributed by atoms with Crippen LogP contribution in [0.1, 0.15) is 5.56 Å². The van der Waals surface area contributed by atoms with Crippen LogP contribution in [0.5, 0.6) is 0 Å². The van der Waals surface area contributed by atoms with Crippen LogP contribution in [0, 0.1) is 0 Å². The first-order chi connectivity index (χ1) is 7.68. The van der Waals surface area contributed by atoms with Crippen LogP contribution in [-0.4, -0.2) is 14.8 Å². The molecule has 2 rings (SSSR count). The van der Waals surface area contributed by atoms with E-state index in [9.17, 15) is 9.59 Å². The predicted octanol–water partition coefficient (Wildman–Crippen LogP) is 0.633. The van der Waals surface area contributed by atoms with E-state index in [-0.39, 0.29) is 6.54 Å². The Morgan fingerprint density at radius 1 is 1.31 bits per heavy atom. The Morgan fingerprint density at radius 2 is 2.06 bits per heavy atom. The first-order valence-electron chi connectivity index (χ1n) is 4.56. The van der Waals surface area contributed by atoms with Crippen molar-refractivity contribution in [1.82, 2.24) is 14.8 Å². The summed E-state index contributed by atoms with van der Waals surface area (Å²) in [6, 6.07) is 7.04. The van der Waals surface area contributed by atoms with Gasteiger partial charge in [-0.05, 0) is 11.6 Å². The number of H-pyrrole nitrogens is 1. The highest BCUT2D eigenvalue weighted by Gasteiger charge is 2.04. The van der Waals surface area contributed by atoms with Crippen LogP contribution in [0.2, 0.25) is 5.02 Å². The lowest BCUT2D eigenvalue weighted by molar-refractivity contribution is 0.667. The Kier molecular flexibility index (Phi) is 2.87. The van der Waals surface area contributed by atoms with Crippen molar-refractivity contribution in [2.75, 3.05) is 0 Å². The summed E-state index contributed by atoms with van der Waals surface area (Å²) in [7, 11) is 0. The fraction of sp³-hybridized carbons (Fsp3) is 0.100. The van der Waals surface area contributed by atoms with Gasteiger partial charge in [-0.3, -0.25) is 9.36 Å². The van der Waals surface area contributed by atoms with Gasteiger partial charge in [-0.25, -0.2) is 9.89 Å². The van der Waals surface area contributed by atoms with Crippen LogP contribution in [-0.2, 0) is 6.54 Å². The fourth-order valence-electron chi connectivity index (χ4n) is 1.32. The Labute approximate surface area is 95.3 Å². The summed E-state index contributed by atoms with van der Waals surface area (Å²) >= 11 is 5.94. The van der Waals surface area contributed by atoms with E-state index in [0.717, 1.165) is 10.8 Å². The number of halogens is 1. The minimum atomic E-state index is -0.549. The molecule has 82 valence electrons. The normalized spacial score (nSPS) is 10.3. The van der Waals surface area contributed by atoms with Crippen molar-refractivity contribution in [2.24, 2.45) is 0 Å². The van der Waals surface area contributed by atoms with Gasteiger partial charge in [0.25, 0.3) is 5.56 Å². The van der Waals surface area contributed by atoms with Crippen LogP contribution in [0.3, 0.4) is 0 Å². The number of rotatable bonds is 2. The lowest BCUT2D eigenvalue weighted by Gasteiger charge is -2.04. The largest absolute Gasteiger partial charge is 0.345 e. The fourth-order valence-corrected chi connectivity index (χ4v) is 1.52. The number of benzene rings is 1. The lowest BCUT2D eigenvalue weighted by Crippen LogP contribution is -2.35. The highest BCUT2D eigenvalue weighted by molar-refractivity contribution is 6.31. The number of hydrogen-bond acceptors (Lipinski definition) is 3. The van der Waals surface area contributed by atoms with E-state index in [2.05, 4.69) is 10.2 Å². The molecule has 1 aromatic carbocycles. The van der Waals surface area contributed by atoms with Crippen molar-refractivity contribution < 1.29 is 0 Å². The van der Waals surface area contributed by atoms with Crippen molar-refractivity contribution in [2.45, 2.75) is 6.54 Å². The summed E-state index contributed by atoms with van der Waals surface area (Å²) in [5.74, 6) is 0. The Balaban J connectivity index is 2.46. The summed E-state index contributed by atoms with van der Waals surface area (Å²) in [5.41, 5.74) is -0.293. The molecule has 0 fully saturated rings. The molecule has 0 aliphatic carbocycles. The highest BCUT2D eigenvalue weighted by Crippen LogP contribution is 2.14. The van der Waals surface area contributed by atoms with Crippen molar-refractivity contribution in [1.29, 1.82) is 0 Å². The molecule has 0 bridgehead atoms. The number of nitrogens with zero attached hydrogens (tertiary/aromatic N) is 2. The Bertz CT molecular complexity index is 589. The van der Waals surface area contributed by atoms with Crippen LogP contribution in [0.4, 0.5) is 0 Å². The molecule has 0 radical (unpaired) electrons. The molecule has 0 spiro atoms. The molecule has 1 aromatic heterocycles. The number of aromatic amines is 1. The minimum Gasteiger partial charge on any atom is -0.267 e. The molecule has 0 saturated carbocycles. The van der Waals surface area contributed by atoms with Crippen molar-refractivity contribution in [3.05, 3.63) is 61.9 Å². The molecule has 0 unspecified atom stereocenters. The van der Waals surface area contributed by atoms with Gasteiger partial charge in [-0.1, -0.05) is 29.8 Å². The molecular weight excluding hydrogens is 230 g/mol. The van der Waals surface area contributed by atoms with Gasteiger partial charge >= 0.3 is 5.69 Å². The molecule has 16 heavy (non-hydrogen) atoms. The summed E-state index contributed by atoms with van der Waals surface area (Å²) in [6.07, 6.45) is 1.05. The summed E-state index contributed by atoms with van der Waals surface area (Å²) in [4.78, 5) is 22.8. The molecule has 0 aliphatic heterocycles. The molecule has 2 aromatic rings. The molecule has 6 heteroatoms. The number of hydrogen-bond donors (Lipinski definition) is 1. The van der Waals surface area contributed by atoms with Gasteiger partial charge in [0.1, 0.15) is 6.20 Å². The van der Waals surface area contributed by atoms with Crippen LogP contribution >= 0.6 is 11.6 Å². The van der Waals surface area contributed by atoms with E-state index >= 15 is 0 Å². The molecular formula is C10H8ClN3O2. The number of nitrogens with one attached hydrogen (secondary N) is 1. The molecule has 0 aliphatic rings. The van der Waals surface area contributed by atoms with Gasteiger partial charge in [0.05, 0.1) is 6.54 Å². The van der Waals surface area contributed by atoms with Crippen LogP contribution in [0.25, 0.3) is 0 Å². The van der Waals surface area contributed by atoms with E-state index < -0.39 is 11.2 Å². The Morgan fingerprint density at radius 3 is 2.75 bits per heavy atom. The first kappa shape index (κ1) is 10.6. The highest BCUT2D eigenvalue weighted by atomic mass is 35.5. The Hall–Kier alpha value is -1.88. The number of aromatic nitrogens is 3. The lowest BCUT2D eigenvalue weighted by atomic mass is 10.2. The third-order valence-electron chi connectivity index (χ3n) is 2.13. The SMILES string of the molecule is O=c1cn[nH]c(=O)n1Cc1ccccc1Cl. The zero-order valence-electron chi connectivity index (χ0n) is 8.18. The molecule has 0 atom stereocenters. The van der Waals surface area contributed by atoms with Crippen molar-refractivity contribution in [3.63, 3.8) is 0 Å². The summed E-state index contributed by atoms with van der Waals surface area (Å²) in [5, 5.41) is 6.12. The van der Waals surface area contributed by atoms with Crippen LogP contribution in [0.15, 0.2) is 40.1 Å². The maximum atomic E-state index is 11.4. The van der Waals surface area contributed by atoms with Crippen molar-refractivity contribution in [3.8, 4) is 0 Å². The summed E-state index contributed by atoms with van der Waals surface area (Å²) in [6.45, 7) is 0.135. The van der Waals surface area contributed by atoms with Crippen LogP contribution < -0.4 is 11.2 Å². The average molecular weight is 238 g/mol. The monoisotopic (exact) mass is 237 g/mol. The zero-order chi connectivity index (χ0) is 11.5. The third-order valence-corrected chi connectivity index (χ3v) is 2.50. The van der Waals surface area contributed by atoms with E-state index in [1.165, 1.54) is 0 Å². The van der Waals surface area contributed by atoms with E-state index in [4.69, 9.17) is 11.6 Å². The van der Waals surface area contributed by atoms with E-state index in [1.807, 2.05) is 0 Å². The minimum absolute atomic E-state index is 0.135.